The van der Waals surface area contributed by atoms with Gasteiger partial charge in [0.25, 0.3) is 0 Å². The largest absolute Gasteiger partial charge is 0.494 e. The molecule has 1 N–H and O–H groups in total. The normalized spacial score (nSPS) is 15.3. The van der Waals surface area contributed by atoms with Crippen LogP contribution in [0.4, 0.5) is 0 Å². The van der Waals surface area contributed by atoms with Crippen LogP contribution in [0.5, 0.6) is 5.75 Å². The standard InChI is InChI=1S/C16H22N2O3/c1-2-21-14-6-4-3-5-13(14)7-8-16(20)18-11-9-15(19)17-10-12-18/h3-6H,2,7-12H2,1H3,(H,17,19). The highest BCUT2D eigenvalue weighted by molar-refractivity contribution is 5.80. The van der Waals surface area contributed by atoms with Crippen LogP contribution < -0.4 is 10.1 Å². The highest BCUT2D eigenvalue weighted by Gasteiger charge is 2.18. The number of benzene rings is 1. The summed E-state index contributed by atoms with van der Waals surface area (Å²) in [6.45, 7) is 4.21. The van der Waals surface area contributed by atoms with Gasteiger partial charge in [0.15, 0.2) is 0 Å². The van der Waals surface area contributed by atoms with E-state index < -0.39 is 0 Å². The topological polar surface area (TPSA) is 58.6 Å². The minimum Gasteiger partial charge on any atom is -0.494 e. The van der Waals surface area contributed by atoms with Gasteiger partial charge >= 0.3 is 0 Å². The summed E-state index contributed by atoms with van der Waals surface area (Å²) in [6.07, 6.45) is 1.49. The first-order chi connectivity index (χ1) is 10.2. The third-order valence-electron chi connectivity index (χ3n) is 3.55. The summed E-state index contributed by atoms with van der Waals surface area (Å²) in [5.74, 6) is 0.963. The van der Waals surface area contributed by atoms with Crippen LogP contribution in [-0.2, 0) is 16.0 Å². The number of carbonyl (C=O) groups is 2. The average molecular weight is 290 g/mol. The molecule has 0 bridgehead atoms. The van der Waals surface area contributed by atoms with Gasteiger partial charge in [-0.1, -0.05) is 18.2 Å². The molecule has 0 unspecified atom stereocenters. The molecule has 0 spiro atoms. The van der Waals surface area contributed by atoms with Crippen molar-refractivity contribution < 1.29 is 14.3 Å². The smallest absolute Gasteiger partial charge is 0.222 e. The Morgan fingerprint density at radius 3 is 2.95 bits per heavy atom. The molecule has 1 aliphatic rings. The Labute approximate surface area is 125 Å². The fourth-order valence-electron chi connectivity index (χ4n) is 2.42. The van der Waals surface area contributed by atoms with Crippen LogP contribution >= 0.6 is 0 Å². The van der Waals surface area contributed by atoms with E-state index in [1.165, 1.54) is 0 Å². The van der Waals surface area contributed by atoms with Crippen molar-refractivity contribution in [2.24, 2.45) is 0 Å². The molecule has 0 radical (unpaired) electrons. The molecule has 2 amide bonds. The van der Waals surface area contributed by atoms with Crippen LogP contribution in [0.15, 0.2) is 24.3 Å². The lowest BCUT2D eigenvalue weighted by Gasteiger charge is -2.19. The molecule has 1 fully saturated rings. The molecule has 114 valence electrons. The number of amides is 2. The lowest BCUT2D eigenvalue weighted by atomic mass is 10.1. The summed E-state index contributed by atoms with van der Waals surface area (Å²) >= 11 is 0. The highest BCUT2D eigenvalue weighted by Crippen LogP contribution is 2.20. The first-order valence-electron chi connectivity index (χ1n) is 7.46. The number of nitrogens with zero attached hydrogens (tertiary/aromatic N) is 1. The molecule has 5 nitrogen and oxygen atoms in total. The first kappa shape index (κ1) is 15.4. The van der Waals surface area contributed by atoms with Gasteiger partial charge in [-0.15, -0.1) is 0 Å². The Morgan fingerprint density at radius 2 is 2.14 bits per heavy atom. The number of hydrogen-bond donors (Lipinski definition) is 1. The Hall–Kier alpha value is -2.04. The Bertz CT molecular complexity index is 502. The second-order valence-electron chi connectivity index (χ2n) is 5.02. The van der Waals surface area contributed by atoms with Gasteiger partial charge in [-0.05, 0) is 25.0 Å². The summed E-state index contributed by atoms with van der Waals surface area (Å²) < 4.78 is 5.57. The molecule has 0 aliphatic carbocycles. The number of para-hydroxylation sites is 1. The molecule has 2 rings (SSSR count). The molecule has 1 aliphatic heterocycles. The molecule has 0 saturated carbocycles. The number of aryl methyl sites for hydroxylation is 1. The SMILES string of the molecule is CCOc1ccccc1CCC(=O)N1CCNC(=O)CC1. The van der Waals surface area contributed by atoms with E-state index in [4.69, 9.17) is 4.74 Å². The Kier molecular flexibility index (Phi) is 5.60. The molecular weight excluding hydrogens is 268 g/mol. The monoisotopic (exact) mass is 290 g/mol. The molecule has 1 saturated heterocycles. The number of carbonyl (C=O) groups excluding carboxylic acids is 2. The van der Waals surface area contributed by atoms with Gasteiger partial charge in [0.2, 0.25) is 11.8 Å². The van der Waals surface area contributed by atoms with Crippen LogP contribution in [0.1, 0.15) is 25.3 Å². The van der Waals surface area contributed by atoms with Gasteiger partial charge in [-0.25, -0.2) is 0 Å². The fraction of sp³-hybridized carbons (Fsp3) is 0.500. The summed E-state index contributed by atoms with van der Waals surface area (Å²) in [4.78, 5) is 25.3. The third kappa shape index (κ3) is 4.48. The molecule has 0 aromatic heterocycles. The van der Waals surface area contributed by atoms with E-state index in [0.717, 1.165) is 11.3 Å². The Morgan fingerprint density at radius 1 is 1.33 bits per heavy atom. The minimum absolute atomic E-state index is 0.0204. The van der Waals surface area contributed by atoms with Crippen LogP contribution in [0.3, 0.4) is 0 Å². The van der Waals surface area contributed by atoms with Gasteiger partial charge in [-0.2, -0.15) is 0 Å². The maximum absolute atomic E-state index is 12.2. The van der Waals surface area contributed by atoms with Gasteiger partial charge in [-0.3, -0.25) is 9.59 Å². The first-order valence-corrected chi connectivity index (χ1v) is 7.46. The lowest BCUT2D eigenvalue weighted by molar-refractivity contribution is -0.131. The van der Waals surface area contributed by atoms with E-state index in [-0.39, 0.29) is 11.8 Å². The van der Waals surface area contributed by atoms with Gasteiger partial charge in [0.05, 0.1) is 6.61 Å². The number of nitrogens with one attached hydrogen (secondary N) is 1. The van der Waals surface area contributed by atoms with Gasteiger partial charge < -0.3 is 15.0 Å². The van der Waals surface area contributed by atoms with Crippen molar-refractivity contribution in [3.8, 4) is 5.75 Å². The van der Waals surface area contributed by atoms with Crippen LogP contribution in [-0.4, -0.2) is 43.0 Å². The van der Waals surface area contributed by atoms with Crippen molar-refractivity contribution >= 4 is 11.8 Å². The zero-order valence-electron chi connectivity index (χ0n) is 12.4. The van der Waals surface area contributed by atoms with E-state index in [1.807, 2.05) is 31.2 Å². The second-order valence-corrected chi connectivity index (χ2v) is 5.02. The Balaban J connectivity index is 1.90. The van der Waals surface area contributed by atoms with Crippen molar-refractivity contribution in [3.63, 3.8) is 0 Å². The number of ether oxygens (including phenoxy) is 1. The zero-order valence-corrected chi connectivity index (χ0v) is 12.4. The van der Waals surface area contributed by atoms with Crippen LogP contribution in [0, 0.1) is 0 Å². The van der Waals surface area contributed by atoms with E-state index in [0.29, 0.717) is 45.5 Å². The van der Waals surface area contributed by atoms with Crippen LogP contribution in [0.2, 0.25) is 0 Å². The van der Waals surface area contributed by atoms with Gasteiger partial charge in [0.1, 0.15) is 5.75 Å². The molecule has 1 aromatic rings. The minimum atomic E-state index is 0.0204. The van der Waals surface area contributed by atoms with E-state index >= 15 is 0 Å². The predicted octanol–water partition coefficient (Wildman–Crippen LogP) is 1.37. The van der Waals surface area contributed by atoms with Crippen LogP contribution in [0.25, 0.3) is 0 Å². The summed E-state index contributed by atoms with van der Waals surface area (Å²) in [6, 6.07) is 7.81. The molecule has 1 aromatic carbocycles. The fourth-order valence-corrected chi connectivity index (χ4v) is 2.42. The van der Waals surface area contributed by atoms with Gasteiger partial charge in [0, 0.05) is 32.5 Å². The van der Waals surface area contributed by atoms with Crippen molar-refractivity contribution in [1.82, 2.24) is 10.2 Å². The van der Waals surface area contributed by atoms with Crippen molar-refractivity contribution in [2.45, 2.75) is 26.2 Å². The van der Waals surface area contributed by atoms with Crippen molar-refractivity contribution in [2.75, 3.05) is 26.2 Å². The zero-order chi connectivity index (χ0) is 15.1. The molecule has 1 heterocycles. The van der Waals surface area contributed by atoms with Crippen molar-refractivity contribution in [1.29, 1.82) is 0 Å². The molecule has 5 heteroatoms. The lowest BCUT2D eigenvalue weighted by Crippen LogP contribution is -2.34. The summed E-state index contributed by atoms with van der Waals surface area (Å²) in [5, 5.41) is 2.78. The summed E-state index contributed by atoms with van der Waals surface area (Å²) in [7, 11) is 0. The maximum Gasteiger partial charge on any atom is 0.222 e. The highest BCUT2D eigenvalue weighted by atomic mass is 16.5. The molecule has 21 heavy (non-hydrogen) atoms. The number of hydrogen-bond acceptors (Lipinski definition) is 3. The average Bonchev–Trinajstić information content (AvgIpc) is 2.71. The quantitative estimate of drug-likeness (QED) is 0.891. The maximum atomic E-state index is 12.2. The third-order valence-corrected chi connectivity index (χ3v) is 3.55. The summed E-state index contributed by atoms with van der Waals surface area (Å²) in [5.41, 5.74) is 1.05. The molecule has 0 atom stereocenters. The predicted molar refractivity (Wildman–Crippen MR) is 80.1 cm³/mol. The van der Waals surface area contributed by atoms with Crippen molar-refractivity contribution in [3.05, 3.63) is 29.8 Å². The number of rotatable bonds is 5. The van der Waals surface area contributed by atoms with E-state index in [1.54, 1.807) is 4.90 Å². The van der Waals surface area contributed by atoms with E-state index in [2.05, 4.69) is 5.32 Å². The van der Waals surface area contributed by atoms with E-state index in [9.17, 15) is 9.59 Å². The second kappa shape index (κ2) is 7.67. The molecular formula is C16H22N2O3.